The van der Waals surface area contributed by atoms with Crippen molar-refractivity contribution in [1.82, 2.24) is 0 Å². The quantitative estimate of drug-likeness (QED) is 0.448. The molecule has 0 unspecified atom stereocenters. The number of anilines is 1. The molecule has 1 amide bonds. The number of carbonyl (C=O) groups is 1. The topological polar surface area (TPSA) is 20.3 Å². The van der Waals surface area contributed by atoms with Crippen LogP contribution in [-0.2, 0) is 4.79 Å². The average molecular weight is 425 g/mol. The van der Waals surface area contributed by atoms with Crippen LogP contribution in [0.5, 0.6) is 0 Å². The van der Waals surface area contributed by atoms with Crippen LogP contribution in [0.25, 0.3) is 6.08 Å². The van der Waals surface area contributed by atoms with Crippen molar-refractivity contribution < 1.29 is 4.79 Å². The first-order chi connectivity index (χ1) is 11.0. The SMILES string of the molecule is Cc1ccc(/C=C2/SC(=S)N(c3ccc(Br)c(Cl)c3)C2=O)cc1. The molecule has 2 aromatic rings. The molecule has 1 aliphatic rings. The Morgan fingerprint density at radius 2 is 1.91 bits per heavy atom. The van der Waals surface area contributed by atoms with Gasteiger partial charge in [0.15, 0.2) is 4.32 Å². The second-order valence-electron chi connectivity index (χ2n) is 5.03. The lowest BCUT2D eigenvalue weighted by Gasteiger charge is -2.15. The van der Waals surface area contributed by atoms with Gasteiger partial charge in [-0.3, -0.25) is 9.69 Å². The molecule has 1 fully saturated rings. The van der Waals surface area contributed by atoms with Crippen LogP contribution in [-0.4, -0.2) is 10.2 Å². The first-order valence-corrected chi connectivity index (χ1v) is 9.15. The maximum Gasteiger partial charge on any atom is 0.270 e. The number of carbonyl (C=O) groups excluding carboxylic acids is 1. The first-order valence-electron chi connectivity index (χ1n) is 6.75. The Labute approximate surface area is 157 Å². The number of thioether (sulfide) groups is 1. The maximum absolute atomic E-state index is 12.7. The second kappa shape index (κ2) is 6.77. The number of amides is 1. The van der Waals surface area contributed by atoms with Crippen LogP contribution in [0.1, 0.15) is 11.1 Å². The van der Waals surface area contributed by atoms with Gasteiger partial charge in [0.25, 0.3) is 5.91 Å². The molecule has 116 valence electrons. The molecule has 2 nitrogen and oxygen atoms in total. The summed E-state index contributed by atoms with van der Waals surface area (Å²) in [4.78, 5) is 14.8. The van der Waals surface area contributed by atoms with Crippen molar-refractivity contribution in [2.45, 2.75) is 6.92 Å². The second-order valence-corrected chi connectivity index (χ2v) is 7.96. The predicted molar refractivity (Wildman–Crippen MR) is 106 cm³/mol. The fraction of sp³-hybridized carbons (Fsp3) is 0.0588. The summed E-state index contributed by atoms with van der Waals surface area (Å²) in [5, 5.41) is 0.541. The van der Waals surface area contributed by atoms with Gasteiger partial charge in [-0.25, -0.2) is 0 Å². The molecule has 1 heterocycles. The summed E-state index contributed by atoms with van der Waals surface area (Å²) in [6.45, 7) is 2.03. The summed E-state index contributed by atoms with van der Waals surface area (Å²) in [7, 11) is 0. The maximum atomic E-state index is 12.7. The van der Waals surface area contributed by atoms with Gasteiger partial charge in [-0.2, -0.15) is 0 Å². The van der Waals surface area contributed by atoms with E-state index in [1.54, 1.807) is 12.1 Å². The minimum Gasteiger partial charge on any atom is -0.268 e. The number of hydrogen-bond donors (Lipinski definition) is 0. The fourth-order valence-corrected chi connectivity index (χ4v) is 3.85. The van der Waals surface area contributed by atoms with Crippen molar-refractivity contribution in [2.75, 3.05) is 4.90 Å². The molecule has 0 atom stereocenters. The van der Waals surface area contributed by atoms with E-state index >= 15 is 0 Å². The van der Waals surface area contributed by atoms with Crippen molar-refractivity contribution in [3.63, 3.8) is 0 Å². The molecule has 0 radical (unpaired) electrons. The third-order valence-corrected chi connectivity index (χ3v) is 5.86. The lowest BCUT2D eigenvalue weighted by Crippen LogP contribution is -2.27. The van der Waals surface area contributed by atoms with E-state index in [-0.39, 0.29) is 5.91 Å². The van der Waals surface area contributed by atoms with Crippen LogP contribution in [0.3, 0.4) is 0 Å². The van der Waals surface area contributed by atoms with E-state index in [2.05, 4.69) is 15.9 Å². The smallest absolute Gasteiger partial charge is 0.268 e. The third-order valence-electron chi connectivity index (χ3n) is 3.33. The zero-order chi connectivity index (χ0) is 16.6. The number of benzene rings is 2. The van der Waals surface area contributed by atoms with Crippen molar-refractivity contribution in [2.24, 2.45) is 0 Å². The molecule has 0 saturated carbocycles. The van der Waals surface area contributed by atoms with Crippen molar-refractivity contribution in [3.8, 4) is 0 Å². The Morgan fingerprint density at radius 1 is 1.22 bits per heavy atom. The van der Waals surface area contributed by atoms with Gasteiger partial charge in [-0.1, -0.05) is 65.4 Å². The van der Waals surface area contributed by atoms with E-state index in [0.717, 1.165) is 10.0 Å². The van der Waals surface area contributed by atoms with Crippen molar-refractivity contribution >= 4 is 73.5 Å². The van der Waals surface area contributed by atoms with E-state index in [1.165, 1.54) is 22.2 Å². The predicted octanol–water partition coefficient (Wildman–Crippen LogP) is 5.82. The lowest BCUT2D eigenvalue weighted by molar-refractivity contribution is -0.113. The largest absolute Gasteiger partial charge is 0.270 e. The van der Waals surface area contributed by atoms with Gasteiger partial charge in [0.2, 0.25) is 0 Å². The Hall–Kier alpha value is -1.14. The highest BCUT2D eigenvalue weighted by atomic mass is 79.9. The van der Waals surface area contributed by atoms with E-state index in [4.69, 9.17) is 23.8 Å². The normalized spacial score (nSPS) is 16.5. The molecule has 0 aromatic heterocycles. The van der Waals surface area contributed by atoms with E-state index < -0.39 is 0 Å². The zero-order valence-electron chi connectivity index (χ0n) is 12.0. The molecule has 0 bridgehead atoms. The van der Waals surface area contributed by atoms with Gasteiger partial charge >= 0.3 is 0 Å². The summed E-state index contributed by atoms with van der Waals surface area (Å²) >= 11 is 16.1. The molecule has 1 saturated heterocycles. The zero-order valence-corrected chi connectivity index (χ0v) is 16.0. The highest BCUT2D eigenvalue weighted by Crippen LogP contribution is 2.37. The Kier molecular flexibility index (Phi) is 4.92. The highest BCUT2D eigenvalue weighted by Gasteiger charge is 2.33. The van der Waals surface area contributed by atoms with E-state index in [9.17, 15) is 4.79 Å². The summed E-state index contributed by atoms with van der Waals surface area (Å²) in [6, 6.07) is 13.3. The van der Waals surface area contributed by atoms with Gasteiger partial charge in [-0.15, -0.1) is 0 Å². The van der Waals surface area contributed by atoms with Crippen LogP contribution in [0, 0.1) is 6.92 Å². The Balaban J connectivity index is 1.93. The van der Waals surface area contributed by atoms with Crippen molar-refractivity contribution in [1.29, 1.82) is 0 Å². The summed E-state index contributed by atoms with van der Waals surface area (Å²) < 4.78 is 1.29. The molecular formula is C17H11BrClNOS2. The molecular weight excluding hydrogens is 414 g/mol. The minimum absolute atomic E-state index is 0.126. The molecule has 6 heteroatoms. The highest BCUT2D eigenvalue weighted by molar-refractivity contribution is 9.10. The minimum atomic E-state index is -0.126. The van der Waals surface area contributed by atoms with Crippen LogP contribution in [0.2, 0.25) is 5.02 Å². The third kappa shape index (κ3) is 3.53. The van der Waals surface area contributed by atoms with Gasteiger partial charge in [0.1, 0.15) is 0 Å². The number of aryl methyl sites for hydroxylation is 1. The first kappa shape index (κ1) is 16.7. The monoisotopic (exact) mass is 423 g/mol. The summed E-state index contributed by atoms with van der Waals surface area (Å²) in [5.74, 6) is -0.126. The van der Waals surface area contributed by atoms with Gasteiger partial charge in [0.05, 0.1) is 15.6 Å². The van der Waals surface area contributed by atoms with Crippen LogP contribution < -0.4 is 4.90 Å². The molecule has 0 aliphatic carbocycles. The van der Waals surface area contributed by atoms with Gasteiger partial charge in [-0.05, 0) is 52.7 Å². The lowest BCUT2D eigenvalue weighted by atomic mass is 10.1. The molecule has 1 aliphatic heterocycles. The van der Waals surface area contributed by atoms with Crippen LogP contribution >= 0.6 is 51.5 Å². The van der Waals surface area contributed by atoms with Gasteiger partial charge < -0.3 is 0 Å². The number of thiocarbonyl (C=S) groups is 1. The van der Waals surface area contributed by atoms with E-state index in [0.29, 0.717) is 19.9 Å². The van der Waals surface area contributed by atoms with Crippen LogP contribution in [0.4, 0.5) is 5.69 Å². The molecule has 23 heavy (non-hydrogen) atoms. The standard InChI is InChI=1S/C17H11BrClNOS2/c1-10-2-4-11(5-3-10)8-15-16(21)20(17(22)23-15)12-6-7-13(18)14(19)9-12/h2-9H,1H3/b15-8+. The van der Waals surface area contributed by atoms with Gasteiger partial charge in [0, 0.05) is 4.47 Å². The molecule has 0 N–H and O–H groups in total. The summed E-state index contributed by atoms with van der Waals surface area (Å²) in [5.41, 5.74) is 2.83. The average Bonchev–Trinajstić information content (AvgIpc) is 2.79. The number of hydrogen-bond acceptors (Lipinski definition) is 3. The molecule has 3 rings (SSSR count). The van der Waals surface area contributed by atoms with Crippen molar-refractivity contribution in [3.05, 3.63) is 68.0 Å². The number of halogens is 2. The van der Waals surface area contributed by atoms with E-state index in [1.807, 2.05) is 43.3 Å². The summed E-state index contributed by atoms with van der Waals surface area (Å²) in [6.07, 6.45) is 1.86. The number of nitrogens with zero attached hydrogens (tertiary/aromatic N) is 1. The fourth-order valence-electron chi connectivity index (χ4n) is 2.13. The molecule has 0 spiro atoms. The molecule has 2 aromatic carbocycles. The number of rotatable bonds is 2. The Bertz CT molecular complexity index is 833. The van der Waals surface area contributed by atoms with Crippen LogP contribution in [0.15, 0.2) is 51.8 Å². The Morgan fingerprint density at radius 3 is 2.57 bits per heavy atom.